The Balaban J connectivity index is 1.81. The molecule has 8 heteroatoms. The van der Waals surface area contributed by atoms with Crippen molar-refractivity contribution in [3.05, 3.63) is 17.3 Å². The molecule has 0 unspecified atom stereocenters. The van der Waals surface area contributed by atoms with E-state index < -0.39 is 12.1 Å². The molecule has 0 N–H and O–H groups in total. The smallest absolute Gasteiger partial charge is 0.355 e. The van der Waals surface area contributed by atoms with Crippen LogP contribution in [-0.2, 0) is 5.88 Å². The van der Waals surface area contributed by atoms with E-state index in [-0.39, 0.29) is 12.8 Å². The second-order valence-corrected chi connectivity index (χ2v) is 6.01. The number of rotatable bonds is 2. The molecule has 2 aromatic rings. The van der Waals surface area contributed by atoms with E-state index in [4.69, 9.17) is 11.6 Å². The van der Waals surface area contributed by atoms with Gasteiger partial charge in [-0.1, -0.05) is 0 Å². The van der Waals surface area contributed by atoms with Crippen LogP contribution < -0.4 is 4.90 Å². The lowest BCUT2D eigenvalue weighted by Gasteiger charge is -2.33. The third-order valence-electron chi connectivity index (χ3n) is 3.72. The van der Waals surface area contributed by atoms with Gasteiger partial charge in [0.1, 0.15) is 0 Å². The Hall–Kier alpha value is -0.950. The predicted octanol–water partition coefficient (Wildman–Crippen LogP) is 3.91. The molecular weight excluding hydrogens is 311 g/mol. The maximum absolute atomic E-state index is 12.7. The van der Waals surface area contributed by atoms with Gasteiger partial charge in [-0.05, 0) is 12.8 Å². The third-order valence-corrected chi connectivity index (χ3v) is 4.73. The van der Waals surface area contributed by atoms with Crippen LogP contribution in [0.25, 0.3) is 4.96 Å². The Morgan fingerprint density at radius 2 is 2.05 bits per heavy atom. The lowest BCUT2D eigenvalue weighted by molar-refractivity contribution is -0.179. The van der Waals surface area contributed by atoms with Crippen molar-refractivity contribution in [3.8, 4) is 0 Å². The number of fused-ring (bicyclic) bond motifs is 1. The normalized spacial score (nSPS) is 18.1. The molecule has 110 valence electrons. The van der Waals surface area contributed by atoms with Crippen LogP contribution in [0.5, 0.6) is 0 Å². The summed E-state index contributed by atoms with van der Waals surface area (Å²) >= 11 is 7.46. The summed E-state index contributed by atoms with van der Waals surface area (Å²) in [4.78, 5) is 7.24. The number of hydrogen-bond acceptors (Lipinski definition) is 3. The number of imidazole rings is 1. The van der Waals surface area contributed by atoms with Crippen LogP contribution in [0.3, 0.4) is 0 Å². The van der Waals surface area contributed by atoms with Crippen molar-refractivity contribution in [2.45, 2.75) is 24.9 Å². The highest BCUT2D eigenvalue weighted by Crippen LogP contribution is 2.36. The van der Waals surface area contributed by atoms with Crippen LogP contribution in [-0.4, -0.2) is 28.7 Å². The van der Waals surface area contributed by atoms with Gasteiger partial charge in [0.2, 0.25) is 0 Å². The van der Waals surface area contributed by atoms with E-state index in [9.17, 15) is 13.2 Å². The molecule has 3 nitrogen and oxygen atoms in total. The Morgan fingerprint density at radius 1 is 1.35 bits per heavy atom. The van der Waals surface area contributed by atoms with E-state index in [0.717, 1.165) is 16.5 Å². The minimum absolute atomic E-state index is 0.121. The Kier molecular flexibility index (Phi) is 3.58. The third kappa shape index (κ3) is 2.37. The number of anilines is 1. The van der Waals surface area contributed by atoms with Crippen LogP contribution in [0.15, 0.2) is 11.6 Å². The SMILES string of the molecule is FC(F)(F)C1CCN(c2nc3sccn3c2CCl)CC1. The van der Waals surface area contributed by atoms with Crippen molar-refractivity contribution in [1.29, 1.82) is 0 Å². The van der Waals surface area contributed by atoms with Gasteiger partial charge in [0.05, 0.1) is 17.5 Å². The monoisotopic (exact) mass is 323 g/mol. The standard InChI is InChI=1S/C12H13ClF3N3S/c13-7-9-10(17-11-19(9)5-6-20-11)18-3-1-8(2-4-18)12(14,15)16/h5-6,8H,1-4,7H2. The fourth-order valence-electron chi connectivity index (χ4n) is 2.62. The maximum Gasteiger partial charge on any atom is 0.391 e. The van der Waals surface area contributed by atoms with Crippen molar-refractivity contribution in [3.63, 3.8) is 0 Å². The first kappa shape index (κ1) is 14.0. The second kappa shape index (κ2) is 5.11. The summed E-state index contributed by atoms with van der Waals surface area (Å²) in [7, 11) is 0. The van der Waals surface area contributed by atoms with E-state index in [1.807, 2.05) is 20.9 Å². The average Bonchev–Trinajstić information content (AvgIpc) is 2.97. The molecule has 1 aliphatic rings. The van der Waals surface area contributed by atoms with Crippen LogP contribution in [0.2, 0.25) is 0 Å². The summed E-state index contributed by atoms with van der Waals surface area (Å²) in [5.41, 5.74) is 0.855. The largest absolute Gasteiger partial charge is 0.391 e. The molecule has 0 bridgehead atoms. The second-order valence-electron chi connectivity index (χ2n) is 4.87. The molecule has 20 heavy (non-hydrogen) atoms. The first-order valence-corrected chi connectivity index (χ1v) is 7.74. The topological polar surface area (TPSA) is 20.5 Å². The number of nitrogens with zero attached hydrogens (tertiary/aromatic N) is 3. The molecule has 1 aliphatic heterocycles. The van der Waals surface area contributed by atoms with Crippen molar-refractivity contribution in [2.24, 2.45) is 5.92 Å². The van der Waals surface area contributed by atoms with Gasteiger partial charge >= 0.3 is 6.18 Å². The van der Waals surface area contributed by atoms with Gasteiger partial charge in [0, 0.05) is 24.7 Å². The molecular formula is C12H13ClF3N3S. The van der Waals surface area contributed by atoms with Crippen molar-refractivity contribution >= 4 is 33.7 Å². The molecule has 0 radical (unpaired) electrons. The number of aromatic nitrogens is 2. The molecule has 1 fully saturated rings. The average molecular weight is 324 g/mol. The zero-order chi connectivity index (χ0) is 14.3. The highest BCUT2D eigenvalue weighted by molar-refractivity contribution is 7.15. The zero-order valence-electron chi connectivity index (χ0n) is 10.5. The Morgan fingerprint density at radius 3 is 2.65 bits per heavy atom. The summed E-state index contributed by atoms with van der Waals surface area (Å²) in [5, 5.41) is 1.91. The number of hydrogen-bond donors (Lipinski definition) is 0. The van der Waals surface area contributed by atoms with Crippen LogP contribution in [0.4, 0.5) is 19.0 Å². The van der Waals surface area contributed by atoms with Crippen LogP contribution in [0.1, 0.15) is 18.5 Å². The summed E-state index contributed by atoms with van der Waals surface area (Å²) in [6.07, 6.45) is -1.96. The minimum Gasteiger partial charge on any atom is -0.355 e. The Labute approximate surface area is 123 Å². The summed E-state index contributed by atoms with van der Waals surface area (Å²) in [6.45, 7) is 0.748. The first-order valence-electron chi connectivity index (χ1n) is 6.32. The maximum atomic E-state index is 12.7. The number of piperidine rings is 1. The van der Waals surface area contributed by atoms with Crippen LogP contribution in [0, 0.1) is 5.92 Å². The van der Waals surface area contributed by atoms with E-state index in [2.05, 4.69) is 4.98 Å². The van der Waals surface area contributed by atoms with Gasteiger partial charge in [-0.15, -0.1) is 22.9 Å². The number of thiazole rings is 1. The molecule has 0 spiro atoms. The fraction of sp³-hybridized carbons (Fsp3) is 0.583. The highest BCUT2D eigenvalue weighted by atomic mass is 35.5. The number of alkyl halides is 4. The fourth-order valence-corrected chi connectivity index (χ4v) is 3.59. The summed E-state index contributed by atoms with van der Waals surface area (Å²) in [5.74, 6) is -0.165. The number of halogens is 4. The van der Waals surface area contributed by atoms with E-state index >= 15 is 0 Å². The molecule has 2 aromatic heterocycles. The molecule has 1 saturated heterocycles. The molecule has 3 heterocycles. The highest BCUT2D eigenvalue weighted by Gasteiger charge is 2.41. The van der Waals surface area contributed by atoms with Crippen molar-refractivity contribution in [1.82, 2.24) is 9.38 Å². The first-order chi connectivity index (χ1) is 9.50. The van der Waals surface area contributed by atoms with E-state index in [0.29, 0.717) is 19.0 Å². The zero-order valence-corrected chi connectivity index (χ0v) is 12.1. The van der Waals surface area contributed by atoms with Crippen molar-refractivity contribution in [2.75, 3.05) is 18.0 Å². The van der Waals surface area contributed by atoms with Crippen molar-refractivity contribution < 1.29 is 13.2 Å². The predicted molar refractivity (Wildman–Crippen MR) is 73.6 cm³/mol. The van der Waals surface area contributed by atoms with Gasteiger partial charge in [0.15, 0.2) is 10.8 Å². The Bertz CT molecular complexity index is 599. The summed E-state index contributed by atoms with van der Waals surface area (Å²) in [6, 6.07) is 0. The quantitative estimate of drug-likeness (QED) is 0.781. The molecule has 0 aromatic carbocycles. The van der Waals surface area contributed by atoms with Gasteiger partial charge in [0.25, 0.3) is 0 Å². The van der Waals surface area contributed by atoms with Crippen LogP contribution >= 0.6 is 22.9 Å². The molecule has 0 saturated carbocycles. The minimum atomic E-state index is -4.09. The lowest BCUT2D eigenvalue weighted by Crippen LogP contribution is -2.39. The van der Waals surface area contributed by atoms with E-state index in [1.165, 1.54) is 11.3 Å². The molecule has 3 rings (SSSR count). The van der Waals surface area contributed by atoms with Gasteiger partial charge in [-0.3, -0.25) is 4.40 Å². The van der Waals surface area contributed by atoms with Gasteiger partial charge < -0.3 is 4.90 Å². The lowest BCUT2D eigenvalue weighted by atomic mass is 9.96. The molecule has 0 amide bonds. The summed E-state index contributed by atoms with van der Waals surface area (Å²) < 4.78 is 39.9. The molecule has 0 atom stereocenters. The van der Waals surface area contributed by atoms with Gasteiger partial charge in [-0.2, -0.15) is 13.2 Å². The molecule has 0 aliphatic carbocycles. The van der Waals surface area contributed by atoms with Gasteiger partial charge in [-0.25, -0.2) is 4.98 Å². The van der Waals surface area contributed by atoms with E-state index in [1.54, 1.807) is 0 Å².